The second-order valence-corrected chi connectivity index (χ2v) is 4.86. The van der Waals surface area contributed by atoms with E-state index in [0.29, 0.717) is 12.3 Å². The van der Waals surface area contributed by atoms with Crippen LogP contribution in [0.1, 0.15) is 59.3 Å². The number of nitrogens with zero attached hydrogens (tertiary/aromatic N) is 1. The Labute approximate surface area is 95.0 Å². The molecule has 1 fully saturated rings. The molecular weight excluding hydrogens is 186 g/mol. The third kappa shape index (κ3) is 4.52. The molecule has 0 aromatic rings. The van der Waals surface area contributed by atoms with Crippen molar-refractivity contribution >= 4 is 0 Å². The lowest BCUT2D eigenvalue weighted by molar-refractivity contribution is 0.0115. The molecule has 0 saturated carbocycles. The fourth-order valence-electron chi connectivity index (χ4n) is 2.30. The second-order valence-electron chi connectivity index (χ2n) is 4.86. The predicted octanol–water partition coefficient (Wildman–Crippen LogP) is 3.41. The van der Waals surface area contributed by atoms with Gasteiger partial charge in [0.25, 0.3) is 0 Å². The Hall–Kier alpha value is -0.0800. The summed E-state index contributed by atoms with van der Waals surface area (Å²) in [6.45, 7) is 8.84. The van der Waals surface area contributed by atoms with Crippen molar-refractivity contribution in [1.29, 1.82) is 0 Å². The highest BCUT2D eigenvalue weighted by molar-refractivity contribution is 4.73. The van der Waals surface area contributed by atoms with Crippen molar-refractivity contribution in [3.05, 3.63) is 0 Å². The van der Waals surface area contributed by atoms with E-state index in [-0.39, 0.29) is 0 Å². The molecule has 0 spiro atoms. The summed E-state index contributed by atoms with van der Waals surface area (Å²) in [5, 5.41) is 0. The number of rotatable bonds is 7. The van der Waals surface area contributed by atoms with E-state index in [1.807, 2.05) is 0 Å². The monoisotopic (exact) mass is 213 g/mol. The molecule has 1 heterocycles. The summed E-state index contributed by atoms with van der Waals surface area (Å²) in [4.78, 5) is 2.49. The molecule has 1 aliphatic rings. The van der Waals surface area contributed by atoms with Gasteiger partial charge in [0.1, 0.15) is 6.23 Å². The highest BCUT2D eigenvalue weighted by Gasteiger charge is 2.26. The lowest BCUT2D eigenvalue weighted by Crippen LogP contribution is -2.36. The molecule has 90 valence electrons. The highest BCUT2D eigenvalue weighted by atomic mass is 16.5. The van der Waals surface area contributed by atoms with Crippen LogP contribution in [0.2, 0.25) is 0 Å². The van der Waals surface area contributed by atoms with Crippen LogP contribution in [0.15, 0.2) is 0 Å². The third-order valence-electron chi connectivity index (χ3n) is 3.25. The summed E-state index contributed by atoms with van der Waals surface area (Å²) in [6.07, 6.45) is 8.45. The van der Waals surface area contributed by atoms with Gasteiger partial charge in [-0.1, -0.05) is 32.6 Å². The molecule has 2 heteroatoms. The Balaban J connectivity index is 2.09. The number of unbranched alkanes of at least 4 members (excludes halogenated alkanes) is 4. The standard InChI is InChI=1S/C13H27NO/c1-4-5-6-7-8-9-13-14(12(2)3)10-11-15-13/h12-13H,4-11H2,1-3H3/t13-/m0/s1. The van der Waals surface area contributed by atoms with Gasteiger partial charge in [0.2, 0.25) is 0 Å². The van der Waals surface area contributed by atoms with E-state index in [2.05, 4.69) is 25.7 Å². The van der Waals surface area contributed by atoms with Gasteiger partial charge >= 0.3 is 0 Å². The van der Waals surface area contributed by atoms with Crippen LogP contribution in [-0.4, -0.2) is 30.3 Å². The minimum absolute atomic E-state index is 0.409. The molecule has 1 saturated heterocycles. The van der Waals surface area contributed by atoms with Gasteiger partial charge in [0, 0.05) is 12.6 Å². The van der Waals surface area contributed by atoms with Crippen molar-refractivity contribution in [2.45, 2.75) is 71.6 Å². The van der Waals surface area contributed by atoms with Gasteiger partial charge in [-0.25, -0.2) is 0 Å². The quantitative estimate of drug-likeness (QED) is 0.601. The largest absolute Gasteiger partial charge is 0.362 e. The van der Waals surface area contributed by atoms with E-state index >= 15 is 0 Å². The molecule has 0 aromatic carbocycles. The van der Waals surface area contributed by atoms with Crippen molar-refractivity contribution in [3.63, 3.8) is 0 Å². The van der Waals surface area contributed by atoms with Gasteiger partial charge in [-0.15, -0.1) is 0 Å². The Morgan fingerprint density at radius 3 is 2.60 bits per heavy atom. The molecule has 15 heavy (non-hydrogen) atoms. The molecule has 1 rings (SSSR count). The Morgan fingerprint density at radius 2 is 1.93 bits per heavy atom. The van der Waals surface area contributed by atoms with E-state index < -0.39 is 0 Å². The van der Waals surface area contributed by atoms with Gasteiger partial charge < -0.3 is 4.74 Å². The average Bonchev–Trinajstić information content (AvgIpc) is 2.66. The highest BCUT2D eigenvalue weighted by Crippen LogP contribution is 2.19. The maximum absolute atomic E-state index is 5.76. The summed E-state index contributed by atoms with van der Waals surface area (Å²) in [5.74, 6) is 0. The third-order valence-corrected chi connectivity index (χ3v) is 3.25. The summed E-state index contributed by atoms with van der Waals surface area (Å²) in [6, 6.07) is 0.633. The molecule has 0 radical (unpaired) electrons. The normalized spacial score (nSPS) is 22.8. The van der Waals surface area contributed by atoms with Crippen LogP contribution in [0.5, 0.6) is 0 Å². The molecule has 2 nitrogen and oxygen atoms in total. The molecule has 0 bridgehead atoms. The molecule has 0 N–H and O–H groups in total. The van der Waals surface area contributed by atoms with Crippen molar-refractivity contribution in [2.75, 3.05) is 13.2 Å². The van der Waals surface area contributed by atoms with Gasteiger partial charge in [-0.3, -0.25) is 4.90 Å². The molecule has 0 aromatic heterocycles. The van der Waals surface area contributed by atoms with Crippen LogP contribution in [-0.2, 0) is 4.74 Å². The topological polar surface area (TPSA) is 12.5 Å². The van der Waals surface area contributed by atoms with E-state index in [1.54, 1.807) is 0 Å². The van der Waals surface area contributed by atoms with E-state index in [1.165, 1.54) is 38.5 Å². The second kappa shape index (κ2) is 7.24. The summed E-state index contributed by atoms with van der Waals surface area (Å²) < 4.78 is 5.76. The molecule has 1 aliphatic heterocycles. The first kappa shape index (κ1) is 13.0. The summed E-state index contributed by atoms with van der Waals surface area (Å²) >= 11 is 0. The minimum atomic E-state index is 0.409. The number of hydrogen-bond donors (Lipinski definition) is 0. The lowest BCUT2D eigenvalue weighted by atomic mass is 10.1. The van der Waals surface area contributed by atoms with Crippen LogP contribution < -0.4 is 0 Å². The van der Waals surface area contributed by atoms with Crippen molar-refractivity contribution in [3.8, 4) is 0 Å². The fraction of sp³-hybridized carbons (Fsp3) is 1.00. The summed E-state index contributed by atoms with van der Waals surface area (Å²) in [7, 11) is 0. The van der Waals surface area contributed by atoms with Gasteiger partial charge in [0.15, 0.2) is 0 Å². The van der Waals surface area contributed by atoms with E-state index in [0.717, 1.165) is 13.2 Å². The van der Waals surface area contributed by atoms with Crippen molar-refractivity contribution in [2.24, 2.45) is 0 Å². The zero-order valence-electron chi connectivity index (χ0n) is 10.7. The first-order valence-electron chi connectivity index (χ1n) is 6.63. The van der Waals surface area contributed by atoms with E-state index in [9.17, 15) is 0 Å². The maximum atomic E-state index is 5.76. The molecule has 0 amide bonds. The van der Waals surface area contributed by atoms with E-state index in [4.69, 9.17) is 4.74 Å². The lowest BCUT2D eigenvalue weighted by Gasteiger charge is -2.26. The van der Waals surface area contributed by atoms with Crippen LogP contribution in [0.25, 0.3) is 0 Å². The fourth-order valence-corrected chi connectivity index (χ4v) is 2.30. The van der Waals surface area contributed by atoms with Gasteiger partial charge in [-0.05, 0) is 26.7 Å². The SMILES string of the molecule is CCCCCCC[C@@H]1OCCN1C(C)C. The zero-order chi connectivity index (χ0) is 11.1. The molecule has 0 aliphatic carbocycles. The van der Waals surface area contributed by atoms with Crippen molar-refractivity contribution < 1.29 is 4.74 Å². The van der Waals surface area contributed by atoms with Crippen LogP contribution in [0, 0.1) is 0 Å². The molecular formula is C13H27NO. The van der Waals surface area contributed by atoms with Crippen molar-refractivity contribution in [1.82, 2.24) is 4.90 Å². The van der Waals surface area contributed by atoms with Crippen LogP contribution in [0.3, 0.4) is 0 Å². The Kier molecular flexibility index (Phi) is 6.26. The first-order chi connectivity index (χ1) is 7.25. The average molecular weight is 213 g/mol. The number of ether oxygens (including phenoxy) is 1. The Bertz CT molecular complexity index is 159. The smallest absolute Gasteiger partial charge is 0.110 e. The summed E-state index contributed by atoms with van der Waals surface area (Å²) in [5.41, 5.74) is 0. The van der Waals surface area contributed by atoms with Gasteiger partial charge in [0.05, 0.1) is 6.61 Å². The zero-order valence-corrected chi connectivity index (χ0v) is 10.7. The van der Waals surface area contributed by atoms with Gasteiger partial charge in [-0.2, -0.15) is 0 Å². The maximum Gasteiger partial charge on any atom is 0.110 e. The predicted molar refractivity (Wildman–Crippen MR) is 65.0 cm³/mol. The van der Waals surface area contributed by atoms with Crippen LogP contribution >= 0.6 is 0 Å². The first-order valence-corrected chi connectivity index (χ1v) is 6.63. The molecule has 0 unspecified atom stereocenters. The number of hydrogen-bond acceptors (Lipinski definition) is 2. The Morgan fingerprint density at radius 1 is 1.20 bits per heavy atom. The molecule has 1 atom stereocenters. The minimum Gasteiger partial charge on any atom is -0.362 e. The van der Waals surface area contributed by atoms with Crippen LogP contribution in [0.4, 0.5) is 0 Å².